The van der Waals surface area contributed by atoms with Crippen molar-refractivity contribution in [2.75, 3.05) is 18.0 Å². The van der Waals surface area contributed by atoms with E-state index in [0.717, 1.165) is 36.6 Å². The quantitative estimate of drug-likeness (QED) is 0.785. The SMILES string of the molecule is CC1CN(c2nccc(CN)n2)CC1C. The summed E-state index contributed by atoms with van der Waals surface area (Å²) in [5.41, 5.74) is 6.47. The molecule has 15 heavy (non-hydrogen) atoms. The molecule has 1 fully saturated rings. The molecule has 1 saturated heterocycles. The van der Waals surface area contributed by atoms with E-state index in [-0.39, 0.29) is 0 Å². The molecule has 82 valence electrons. The van der Waals surface area contributed by atoms with E-state index in [0.29, 0.717) is 6.54 Å². The van der Waals surface area contributed by atoms with Crippen molar-refractivity contribution >= 4 is 5.95 Å². The summed E-state index contributed by atoms with van der Waals surface area (Å²) in [4.78, 5) is 11.0. The third kappa shape index (κ3) is 2.09. The predicted octanol–water partition coefficient (Wildman–Crippen LogP) is 1.03. The molecule has 2 heterocycles. The van der Waals surface area contributed by atoms with Crippen LogP contribution in [0.5, 0.6) is 0 Å². The maximum Gasteiger partial charge on any atom is 0.225 e. The van der Waals surface area contributed by atoms with Crippen molar-refractivity contribution < 1.29 is 0 Å². The number of hydrogen-bond acceptors (Lipinski definition) is 4. The molecule has 4 heteroatoms. The second-order valence-electron chi connectivity index (χ2n) is 4.41. The first-order valence-electron chi connectivity index (χ1n) is 5.47. The summed E-state index contributed by atoms with van der Waals surface area (Å²) in [6.45, 7) is 7.13. The van der Waals surface area contributed by atoms with E-state index in [1.165, 1.54) is 0 Å². The Morgan fingerprint density at radius 3 is 2.67 bits per heavy atom. The number of hydrogen-bond donors (Lipinski definition) is 1. The molecule has 0 radical (unpaired) electrons. The van der Waals surface area contributed by atoms with Gasteiger partial charge in [0.15, 0.2) is 0 Å². The molecule has 1 aromatic rings. The van der Waals surface area contributed by atoms with Gasteiger partial charge in [0.1, 0.15) is 0 Å². The first-order chi connectivity index (χ1) is 7.20. The molecule has 1 aliphatic rings. The van der Waals surface area contributed by atoms with E-state index in [9.17, 15) is 0 Å². The van der Waals surface area contributed by atoms with Crippen molar-refractivity contribution in [2.45, 2.75) is 20.4 Å². The molecule has 0 saturated carbocycles. The van der Waals surface area contributed by atoms with Crippen molar-refractivity contribution in [3.05, 3.63) is 18.0 Å². The van der Waals surface area contributed by atoms with Gasteiger partial charge in [0, 0.05) is 25.8 Å². The lowest BCUT2D eigenvalue weighted by Gasteiger charge is -2.15. The first kappa shape index (κ1) is 10.4. The van der Waals surface area contributed by atoms with Crippen LogP contribution >= 0.6 is 0 Å². The Kier molecular flexibility index (Phi) is 2.86. The van der Waals surface area contributed by atoms with Crippen molar-refractivity contribution in [2.24, 2.45) is 17.6 Å². The standard InChI is InChI=1S/C11H18N4/c1-8-6-15(7-9(8)2)11-13-4-3-10(5-12)14-11/h3-4,8-9H,5-7,12H2,1-2H3. The molecule has 4 nitrogen and oxygen atoms in total. The van der Waals surface area contributed by atoms with Crippen LogP contribution in [0.25, 0.3) is 0 Å². The highest BCUT2D eigenvalue weighted by Gasteiger charge is 2.27. The van der Waals surface area contributed by atoms with Crippen LogP contribution in [0.2, 0.25) is 0 Å². The van der Waals surface area contributed by atoms with Gasteiger partial charge in [0.25, 0.3) is 0 Å². The highest BCUT2D eigenvalue weighted by atomic mass is 15.3. The van der Waals surface area contributed by atoms with Crippen molar-refractivity contribution in [1.29, 1.82) is 0 Å². The van der Waals surface area contributed by atoms with Gasteiger partial charge in [-0.25, -0.2) is 9.97 Å². The van der Waals surface area contributed by atoms with Crippen LogP contribution in [0.4, 0.5) is 5.95 Å². The number of anilines is 1. The van der Waals surface area contributed by atoms with Crippen molar-refractivity contribution in [1.82, 2.24) is 9.97 Å². The predicted molar refractivity (Wildman–Crippen MR) is 60.5 cm³/mol. The van der Waals surface area contributed by atoms with Crippen LogP contribution in [0.3, 0.4) is 0 Å². The number of nitrogens with two attached hydrogens (primary N) is 1. The van der Waals surface area contributed by atoms with Gasteiger partial charge in [-0.1, -0.05) is 13.8 Å². The zero-order valence-electron chi connectivity index (χ0n) is 9.35. The minimum Gasteiger partial charge on any atom is -0.340 e. The Morgan fingerprint density at radius 1 is 1.40 bits per heavy atom. The van der Waals surface area contributed by atoms with E-state index in [1.54, 1.807) is 6.20 Å². The summed E-state index contributed by atoms with van der Waals surface area (Å²) in [5.74, 6) is 2.26. The maximum atomic E-state index is 5.56. The molecular formula is C11H18N4. The fraction of sp³-hybridized carbons (Fsp3) is 0.636. The lowest BCUT2D eigenvalue weighted by atomic mass is 10.0. The normalized spacial score (nSPS) is 25.9. The second-order valence-corrected chi connectivity index (χ2v) is 4.41. The largest absolute Gasteiger partial charge is 0.340 e. The lowest BCUT2D eigenvalue weighted by Crippen LogP contribution is -2.22. The summed E-state index contributed by atoms with van der Waals surface area (Å²) in [5, 5.41) is 0. The topological polar surface area (TPSA) is 55.0 Å². The van der Waals surface area contributed by atoms with Gasteiger partial charge in [0.2, 0.25) is 5.95 Å². The highest BCUT2D eigenvalue weighted by molar-refractivity contribution is 5.32. The lowest BCUT2D eigenvalue weighted by molar-refractivity contribution is 0.494. The van der Waals surface area contributed by atoms with Gasteiger partial charge in [-0.2, -0.15) is 0 Å². The minimum absolute atomic E-state index is 0.481. The third-order valence-electron chi connectivity index (χ3n) is 3.18. The summed E-state index contributed by atoms with van der Waals surface area (Å²) in [7, 11) is 0. The molecule has 2 N–H and O–H groups in total. The van der Waals surface area contributed by atoms with Crippen LogP contribution in [-0.4, -0.2) is 23.1 Å². The van der Waals surface area contributed by atoms with Gasteiger partial charge in [-0.3, -0.25) is 0 Å². The van der Waals surface area contributed by atoms with Crippen LogP contribution in [0, 0.1) is 11.8 Å². The molecule has 2 unspecified atom stereocenters. The fourth-order valence-corrected chi connectivity index (χ4v) is 1.94. The Morgan fingerprint density at radius 2 is 2.07 bits per heavy atom. The van der Waals surface area contributed by atoms with Gasteiger partial charge < -0.3 is 10.6 Å². The van der Waals surface area contributed by atoms with Gasteiger partial charge in [0.05, 0.1) is 5.69 Å². The number of nitrogens with zero attached hydrogens (tertiary/aromatic N) is 3. The Balaban J connectivity index is 2.16. The van der Waals surface area contributed by atoms with E-state index in [2.05, 4.69) is 28.7 Å². The zero-order valence-corrected chi connectivity index (χ0v) is 9.35. The molecular weight excluding hydrogens is 188 g/mol. The summed E-state index contributed by atoms with van der Waals surface area (Å²) in [6.07, 6.45) is 1.79. The number of rotatable bonds is 2. The van der Waals surface area contributed by atoms with Crippen LogP contribution in [-0.2, 0) is 6.54 Å². The highest BCUT2D eigenvalue weighted by Crippen LogP contribution is 2.24. The Hall–Kier alpha value is -1.16. The smallest absolute Gasteiger partial charge is 0.225 e. The minimum atomic E-state index is 0.481. The molecule has 0 aliphatic carbocycles. The van der Waals surface area contributed by atoms with Crippen LogP contribution < -0.4 is 10.6 Å². The average Bonchev–Trinajstić information content (AvgIpc) is 2.59. The molecule has 2 atom stereocenters. The molecule has 0 aromatic carbocycles. The molecule has 2 rings (SSSR count). The van der Waals surface area contributed by atoms with Crippen molar-refractivity contribution in [3.63, 3.8) is 0 Å². The molecule has 0 bridgehead atoms. The summed E-state index contributed by atoms with van der Waals surface area (Å²) in [6, 6.07) is 1.87. The third-order valence-corrected chi connectivity index (χ3v) is 3.18. The van der Waals surface area contributed by atoms with Crippen LogP contribution in [0.1, 0.15) is 19.5 Å². The molecule has 0 spiro atoms. The maximum absolute atomic E-state index is 5.56. The summed E-state index contributed by atoms with van der Waals surface area (Å²) < 4.78 is 0. The van der Waals surface area contributed by atoms with Crippen molar-refractivity contribution in [3.8, 4) is 0 Å². The van der Waals surface area contributed by atoms with E-state index in [4.69, 9.17) is 5.73 Å². The molecule has 0 amide bonds. The zero-order chi connectivity index (χ0) is 10.8. The Bertz CT molecular complexity index is 329. The summed E-state index contributed by atoms with van der Waals surface area (Å²) >= 11 is 0. The van der Waals surface area contributed by atoms with E-state index < -0.39 is 0 Å². The molecule has 1 aromatic heterocycles. The van der Waals surface area contributed by atoms with E-state index in [1.807, 2.05) is 6.07 Å². The van der Waals surface area contributed by atoms with E-state index >= 15 is 0 Å². The van der Waals surface area contributed by atoms with Crippen LogP contribution in [0.15, 0.2) is 12.3 Å². The Labute approximate surface area is 90.5 Å². The fourth-order valence-electron chi connectivity index (χ4n) is 1.94. The first-order valence-corrected chi connectivity index (χ1v) is 5.47. The second kappa shape index (κ2) is 4.14. The monoisotopic (exact) mass is 206 g/mol. The average molecular weight is 206 g/mol. The van der Waals surface area contributed by atoms with Gasteiger partial charge in [-0.15, -0.1) is 0 Å². The molecule has 1 aliphatic heterocycles. The number of aromatic nitrogens is 2. The van der Waals surface area contributed by atoms with Gasteiger partial charge >= 0.3 is 0 Å². The van der Waals surface area contributed by atoms with Gasteiger partial charge in [-0.05, 0) is 17.9 Å².